The van der Waals surface area contributed by atoms with Gasteiger partial charge in [-0.1, -0.05) is 0 Å². The number of amides is 1. The minimum Gasteiger partial charge on any atom is -0.370 e. The van der Waals surface area contributed by atoms with Gasteiger partial charge >= 0.3 is 0 Å². The Hall–Kier alpha value is -2.08. The number of pyridine rings is 2. The third-order valence-corrected chi connectivity index (χ3v) is 4.94. The number of carbonyl (C=O) groups is 1. The van der Waals surface area contributed by atoms with Gasteiger partial charge in [-0.05, 0) is 43.9 Å². The summed E-state index contributed by atoms with van der Waals surface area (Å²) in [5.74, 6) is 0.0835. The van der Waals surface area contributed by atoms with Gasteiger partial charge in [-0.3, -0.25) is 9.78 Å². The molecule has 24 heavy (non-hydrogen) atoms. The molecule has 0 bridgehead atoms. The topological polar surface area (TPSA) is 49.3 Å². The molecule has 2 aromatic rings. The highest BCUT2D eigenvalue weighted by atomic mass is 32.2. The van der Waals surface area contributed by atoms with Crippen LogP contribution in [-0.2, 0) is 0 Å². The molecule has 1 saturated heterocycles. The van der Waals surface area contributed by atoms with Crippen LogP contribution in [0, 0.1) is 6.92 Å². The fourth-order valence-electron chi connectivity index (χ4n) is 2.99. The van der Waals surface area contributed by atoms with Gasteiger partial charge in [0.1, 0.15) is 5.03 Å². The fourth-order valence-corrected chi connectivity index (χ4v) is 3.53. The summed E-state index contributed by atoms with van der Waals surface area (Å²) in [6.07, 6.45) is 6.49. The Morgan fingerprint density at radius 1 is 1.12 bits per heavy atom. The molecule has 0 atom stereocenters. The van der Waals surface area contributed by atoms with Crippen LogP contribution in [-0.4, -0.2) is 53.2 Å². The first-order valence-electron chi connectivity index (χ1n) is 8.15. The Kier molecular flexibility index (Phi) is 5.35. The minimum atomic E-state index is 0.0835. The Morgan fingerprint density at radius 2 is 2.00 bits per heavy atom. The van der Waals surface area contributed by atoms with Crippen LogP contribution >= 0.6 is 11.8 Å². The van der Waals surface area contributed by atoms with Gasteiger partial charge in [0.05, 0.1) is 5.56 Å². The van der Waals surface area contributed by atoms with E-state index in [1.54, 1.807) is 6.20 Å². The van der Waals surface area contributed by atoms with Crippen LogP contribution in [0.1, 0.15) is 22.5 Å². The Morgan fingerprint density at radius 3 is 2.79 bits per heavy atom. The number of thioether (sulfide) groups is 1. The van der Waals surface area contributed by atoms with Crippen molar-refractivity contribution in [1.82, 2.24) is 14.9 Å². The van der Waals surface area contributed by atoms with Gasteiger partial charge < -0.3 is 9.80 Å². The molecular formula is C18H22N4OS. The molecule has 126 valence electrons. The predicted molar refractivity (Wildman–Crippen MR) is 97.7 cm³/mol. The van der Waals surface area contributed by atoms with Gasteiger partial charge in [0.25, 0.3) is 5.91 Å². The quantitative estimate of drug-likeness (QED) is 0.803. The van der Waals surface area contributed by atoms with Crippen molar-refractivity contribution in [2.75, 3.05) is 37.3 Å². The third kappa shape index (κ3) is 3.70. The first-order chi connectivity index (χ1) is 11.7. The van der Waals surface area contributed by atoms with Crippen molar-refractivity contribution in [3.05, 3.63) is 47.9 Å². The first kappa shape index (κ1) is 16.8. The summed E-state index contributed by atoms with van der Waals surface area (Å²) in [5, 5.41) is 0.799. The molecule has 2 aromatic heterocycles. The summed E-state index contributed by atoms with van der Waals surface area (Å²) < 4.78 is 0. The lowest BCUT2D eigenvalue weighted by atomic mass is 10.2. The zero-order valence-electron chi connectivity index (χ0n) is 14.1. The summed E-state index contributed by atoms with van der Waals surface area (Å²) in [6, 6.07) is 7.84. The van der Waals surface area contributed by atoms with Crippen LogP contribution < -0.4 is 4.90 Å². The second-order valence-corrected chi connectivity index (χ2v) is 6.64. The van der Waals surface area contributed by atoms with Crippen molar-refractivity contribution in [3.63, 3.8) is 0 Å². The van der Waals surface area contributed by atoms with E-state index in [9.17, 15) is 4.79 Å². The molecule has 0 N–H and O–H groups in total. The molecule has 1 aliphatic rings. The Labute approximate surface area is 147 Å². The molecule has 0 radical (unpaired) electrons. The van der Waals surface area contributed by atoms with E-state index < -0.39 is 0 Å². The summed E-state index contributed by atoms with van der Waals surface area (Å²) in [5.41, 5.74) is 2.91. The van der Waals surface area contributed by atoms with Crippen LogP contribution in [0.4, 0.5) is 5.69 Å². The Balaban J connectivity index is 1.72. The molecule has 1 fully saturated rings. The van der Waals surface area contributed by atoms with E-state index in [1.165, 1.54) is 17.4 Å². The SMILES string of the molecule is CSc1ncccc1C(=O)N1CCCN(c2ccnc(C)c2)CC1. The summed E-state index contributed by atoms with van der Waals surface area (Å²) in [6.45, 7) is 5.30. The van der Waals surface area contributed by atoms with Gasteiger partial charge in [-0.15, -0.1) is 11.8 Å². The summed E-state index contributed by atoms with van der Waals surface area (Å²) >= 11 is 1.52. The number of rotatable bonds is 3. The van der Waals surface area contributed by atoms with Crippen molar-refractivity contribution in [1.29, 1.82) is 0 Å². The highest BCUT2D eigenvalue weighted by Gasteiger charge is 2.22. The van der Waals surface area contributed by atoms with E-state index in [2.05, 4.69) is 20.9 Å². The van der Waals surface area contributed by atoms with Gasteiger partial charge in [-0.25, -0.2) is 4.98 Å². The number of aryl methyl sites for hydroxylation is 1. The van der Waals surface area contributed by atoms with Crippen molar-refractivity contribution < 1.29 is 4.79 Å². The number of hydrogen-bond acceptors (Lipinski definition) is 5. The molecular weight excluding hydrogens is 320 g/mol. The second-order valence-electron chi connectivity index (χ2n) is 5.85. The number of nitrogens with zero attached hydrogens (tertiary/aromatic N) is 4. The predicted octanol–water partition coefficient (Wildman–Crippen LogP) is 2.86. The van der Waals surface area contributed by atoms with Crippen molar-refractivity contribution in [3.8, 4) is 0 Å². The molecule has 0 aromatic carbocycles. The number of aromatic nitrogens is 2. The summed E-state index contributed by atoms with van der Waals surface area (Å²) in [4.78, 5) is 25.7. The molecule has 0 unspecified atom stereocenters. The normalized spacial score (nSPS) is 15.2. The van der Waals surface area contributed by atoms with E-state index in [0.717, 1.165) is 43.3 Å². The van der Waals surface area contributed by atoms with Gasteiger partial charge in [0, 0.05) is 50.0 Å². The second kappa shape index (κ2) is 7.66. The minimum absolute atomic E-state index is 0.0835. The largest absolute Gasteiger partial charge is 0.370 e. The molecule has 1 aliphatic heterocycles. The fraction of sp³-hybridized carbons (Fsp3) is 0.389. The third-order valence-electron chi connectivity index (χ3n) is 4.22. The van der Waals surface area contributed by atoms with Gasteiger partial charge in [0.15, 0.2) is 0 Å². The van der Waals surface area contributed by atoms with Crippen LogP contribution in [0.3, 0.4) is 0 Å². The molecule has 3 heterocycles. The van der Waals surface area contributed by atoms with Crippen LogP contribution in [0.25, 0.3) is 0 Å². The maximum Gasteiger partial charge on any atom is 0.256 e. The molecule has 0 spiro atoms. The lowest BCUT2D eigenvalue weighted by Crippen LogP contribution is -2.35. The van der Waals surface area contributed by atoms with E-state index in [1.807, 2.05) is 42.5 Å². The number of hydrogen-bond donors (Lipinski definition) is 0. The zero-order valence-corrected chi connectivity index (χ0v) is 14.9. The lowest BCUT2D eigenvalue weighted by Gasteiger charge is -2.24. The van der Waals surface area contributed by atoms with E-state index in [0.29, 0.717) is 5.56 Å². The lowest BCUT2D eigenvalue weighted by molar-refractivity contribution is 0.0762. The van der Waals surface area contributed by atoms with Crippen LogP contribution in [0.15, 0.2) is 41.7 Å². The van der Waals surface area contributed by atoms with Crippen molar-refractivity contribution in [2.45, 2.75) is 18.4 Å². The smallest absolute Gasteiger partial charge is 0.256 e. The van der Waals surface area contributed by atoms with Gasteiger partial charge in [0.2, 0.25) is 0 Å². The standard InChI is InChI=1S/C18H22N4OS/c1-14-13-15(6-8-19-14)21-9-4-10-22(12-11-21)18(23)16-5-3-7-20-17(16)24-2/h3,5-8,13H,4,9-12H2,1-2H3. The molecule has 0 aliphatic carbocycles. The monoisotopic (exact) mass is 342 g/mol. The maximum atomic E-state index is 12.9. The maximum absolute atomic E-state index is 12.9. The first-order valence-corrected chi connectivity index (χ1v) is 9.37. The molecule has 5 nitrogen and oxygen atoms in total. The molecule has 0 saturated carbocycles. The van der Waals surface area contributed by atoms with Crippen molar-refractivity contribution >= 4 is 23.4 Å². The average molecular weight is 342 g/mol. The number of anilines is 1. The van der Waals surface area contributed by atoms with Gasteiger partial charge in [-0.2, -0.15) is 0 Å². The van der Waals surface area contributed by atoms with Crippen molar-refractivity contribution in [2.24, 2.45) is 0 Å². The van der Waals surface area contributed by atoms with Crippen LogP contribution in [0.5, 0.6) is 0 Å². The highest BCUT2D eigenvalue weighted by molar-refractivity contribution is 7.98. The average Bonchev–Trinajstić information content (AvgIpc) is 2.87. The Bertz CT molecular complexity index is 722. The van der Waals surface area contributed by atoms with E-state index in [4.69, 9.17) is 0 Å². The number of carbonyl (C=O) groups excluding carboxylic acids is 1. The zero-order chi connectivity index (χ0) is 16.9. The van der Waals surface area contributed by atoms with E-state index in [-0.39, 0.29) is 5.91 Å². The molecule has 6 heteroatoms. The van der Waals surface area contributed by atoms with E-state index >= 15 is 0 Å². The molecule has 1 amide bonds. The summed E-state index contributed by atoms with van der Waals surface area (Å²) in [7, 11) is 0. The van der Waals surface area contributed by atoms with Crippen LogP contribution in [0.2, 0.25) is 0 Å². The highest BCUT2D eigenvalue weighted by Crippen LogP contribution is 2.21. The molecule has 3 rings (SSSR count).